The molecule has 0 fully saturated rings. The van der Waals surface area contributed by atoms with Gasteiger partial charge in [0.05, 0.1) is 6.42 Å². The highest BCUT2D eigenvalue weighted by atomic mass is 32.2. The molecule has 0 spiro atoms. The summed E-state index contributed by atoms with van der Waals surface area (Å²) in [6.07, 6.45) is 1.30. The quantitative estimate of drug-likeness (QED) is 0.896. The van der Waals surface area contributed by atoms with E-state index >= 15 is 0 Å². The second kappa shape index (κ2) is 6.44. The molecule has 3 nitrogen and oxygen atoms in total. The number of aliphatic carboxylic acids is 1. The molecule has 0 saturated heterocycles. The standard InChI is InChI=1S/C15H21NO2S/c1-3-16(11(2)10-15(17)18)13-8-9-19-14-7-5-4-6-12(13)14/h4-7,11,13H,3,8-10H2,1-2H3,(H,17,18). The first-order chi connectivity index (χ1) is 9.13. The summed E-state index contributed by atoms with van der Waals surface area (Å²) in [5, 5.41) is 8.99. The van der Waals surface area contributed by atoms with Crippen molar-refractivity contribution in [1.82, 2.24) is 4.90 Å². The van der Waals surface area contributed by atoms with E-state index in [4.69, 9.17) is 5.11 Å². The molecule has 2 unspecified atom stereocenters. The minimum Gasteiger partial charge on any atom is -0.481 e. The summed E-state index contributed by atoms with van der Waals surface area (Å²) < 4.78 is 0. The average Bonchev–Trinajstić information content (AvgIpc) is 2.39. The minimum atomic E-state index is -0.718. The maximum atomic E-state index is 10.9. The van der Waals surface area contributed by atoms with Gasteiger partial charge in [-0.1, -0.05) is 25.1 Å². The highest BCUT2D eigenvalue weighted by Gasteiger charge is 2.28. The summed E-state index contributed by atoms with van der Waals surface area (Å²) in [4.78, 5) is 14.6. The van der Waals surface area contributed by atoms with E-state index in [1.54, 1.807) is 0 Å². The molecule has 0 aliphatic carbocycles. The Morgan fingerprint density at radius 2 is 2.26 bits per heavy atom. The van der Waals surface area contributed by atoms with Crippen LogP contribution >= 0.6 is 11.8 Å². The molecule has 104 valence electrons. The second-order valence-electron chi connectivity index (χ2n) is 4.97. The zero-order valence-electron chi connectivity index (χ0n) is 11.5. The van der Waals surface area contributed by atoms with E-state index in [0.29, 0.717) is 6.04 Å². The summed E-state index contributed by atoms with van der Waals surface area (Å²) in [7, 11) is 0. The van der Waals surface area contributed by atoms with Crippen LogP contribution in [0.5, 0.6) is 0 Å². The molecular formula is C15H21NO2S. The van der Waals surface area contributed by atoms with Crippen molar-refractivity contribution in [3.8, 4) is 0 Å². The number of hydrogen-bond donors (Lipinski definition) is 1. The fourth-order valence-electron chi connectivity index (χ4n) is 2.88. The van der Waals surface area contributed by atoms with Crippen molar-refractivity contribution >= 4 is 17.7 Å². The van der Waals surface area contributed by atoms with Crippen molar-refractivity contribution < 1.29 is 9.90 Å². The SMILES string of the molecule is CCN(C(C)CC(=O)O)C1CCSc2ccccc21. The van der Waals surface area contributed by atoms with Crippen LogP contribution in [0.15, 0.2) is 29.2 Å². The third-order valence-corrected chi connectivity index (χ3v) is 4.85. The maximum absolute atomic E-state index is 10.9. The molecule has 0 bridgehead atoms. The van der Waals surface area contributed by atoms with E-state index in [1.165, 1.54) is 10.5 Å². The van der Waals surface area contributed by atoms with Crippen molar-refractivity contribution in [3.63, 3.8) is 0 Å². The molecule has 4 heteroatoms. The van der Waals surface area contributed by atoms with Crippen molar-refractivity contribution in [2.24, 2.45) is 0 Å². The number of thioether (sulfide) groups is 1. The molecular weight excluding hydrogens is 258 g/mol. The molecule has 1 aromatic rings. The zero-order valence-corrected chi connectivity index (χ0v) is 12.3. The Kier molecular flexibility index (Phi) is 4.88. The molecule has 1 heterocycles. The van der Waals surface area contributed by atoms with Crippen LogP contribution in [0.1, 0.15) is 38.3 Å². The van der Waals surface area contributed by atoms with Gasteiger partial charge >= 0.3 is 5.97 Å². The van der Waals surface area contributed by atoms with Gasteiger partial charge in [0, 0.05) is 17.0 Å². The normalized spacial score (nSPS) is 20.1. The molecule has 0 aromatic heterocycles. The van der Waals surface area contributed by atoms with Gasteiger partial charge in [-0.15, -0.1) is 11.8 Å². The van der Waals surface area contributed by atoms with Gasteiger partial charge in [-0.25, -0.2) is 0 Å². The summed E-state index contributed by atoms with van der Waals surface area (Å²) >= 11 is 1.90. The van der Waals surface area contributed by atoms with Gasteiger partial charge in [-0.3, -0.25) is 9.69 Å². The van der Waals surface area contributed by atoms with Gasteiger partial charge in [-0.2, -0.15) is 0 Å². The van der Waals surface area contributed by atoms with Crippen LogP contribution in [0.2, 0.25) is 0 Å². The maximum Gasteiger partial charge on any atom is 0.304 e. The van der Waals surface area contributed by atoms with Gasteiger partial charge in [0.2, 0.25) is 0 Å². The summed E-state index contributed by atoms with van der Waals surface area (Å²) in [6, 6.07) is 8.93. The zero-order chi connectivity index (χ0) is 13.8. The topological polar surface area (TPSA) is 40.5 Å². The van der Waals surface area contributed by atoms with Gasteiger partial charge in [0.1, 0.15) is 0 Å². The minimum absolute atomic E-state index is 0.0728. The molecule has 1 aromatic carbocycles. The number of fused-ring (bicyclic) bond motifs is 1. The molecule has 1 N–H and O–H groups in total. The van der Waals surface area contributed by atoms with Crippen LogP contribution in [0.25, 0.3) is 0 Å². The van der Waals surface area contributed by atoms with E-state index in [9.17, 15) is 4.79 Å². The lowest BCUT2D eigenvalue weighted by atomic mass is 9.99. The largest absolute Gasteiger partial charge is 0.481 e. The van der Waals surface area contributed by atoms with E-state index in [1.807, 2.05) is 18.7 Å². The monoisotopic (exact) mass is 279 g/mol. The first-order valence-electron chi connectivity index (χ1n) is 6.82. The Labute approximate surface area is 119 Å². The lowest BCUT2D eigenvalue weighted by Gasteiger charge is -2.38. The van der Waals surface area contributed by atoms with Crippen LogP contribution in [-0.4, -0.2) is 34.3 Å². The lowest BCUT2D eigenvalue weighted by molar-refractivity contribution is -0.138. The number of rotatable bonds is 5. The number of nitrogens with zero attached hydrogens (tertiary/aromatic N) is 1. The number of benzene rings is 1. The molecule has 0 amide bonds. The number of carboxylic acids is 1. The number of hydrogen-bond acceptors (Lipinski definition) is 3. The molecule has 2 atom stereocenters. The third kappa shape index (κ3) is 3.31. The highest BCUT2D eigenvalue weighted by molar-refractivity contribution is 7.99. The van der Waals surface area contributed by atoms with E-state index in [-0.39, 0.29) is 12.5 Å². The van der Waals surface area contributed by atoms with E-state index in [2.05, 4.69) is 36.1 Å². The Hall–Kier alpha value is -1.00. The third-order valence-electron chi connectivity index (χ3n) is 3.73. The van der Waals surface area contributed by atoms with E-state index < -0.39 is 5.97 Å². The van der Waals surface area contributed by atoms with Crippen LogP contribution in [0, 0.1) is 0 Å². The molecule has 19 heavy (non-hydrogen) atoms. The number of carbonyl (C=O) groups is 1. The van der Waals surface area contributed by atoms with Crippen LogP contribution in [0.3, 0.4) is 0 Å². The Bertz CT molecular complexity index is 450. The molecule has 1 aliphatic rings. The van der Waals surface area contributed by atoms with Crippen molar-refractivity contribution in [2.45, 2.75) is 43.7 Å². The Morgan fingerprint density at radius 3 is 2.95 bits per heavy atom. The second-order valence-corrected chi connectivity index (χ2v) is 6.10. The van der Waals surface area contributed by atoms with E-state index in [0.717, 1.165) is 18.7 Å². The molecule has 1 aliphatic heterocycles. The smallest absolute Gasteiger partial charge is 0.304 e. The van der Waals surface area contributed by atoms with Crippen molar-refractivity contribution in [1.29, 1.82) is 0 Å². The molecule has 0 saturated carbocycles. The predicted molar refractivity (Wildman–Crippen MR) is 78.6 cm³/mol. The van der Waals surface area contributed by atoms with Crippen LogP contribution in [-0.2, 0) is 4.79 Å². The fourth-order valence-corrected chi connectivity index (χ4v) is 3.98. The predicted octanol–water partition coefficient (Wildman–Crippen LogP) is 3.41. The van der Waals surface area contributed by atoms with Gasteiger partial charge in [0.15, 0.2) is 0 Å². The summed E-state index contributed by atoms with van der Waals surface area (Å²) in [5.74, 6) is 0.391. The Balaban J connectivity index is 2.22. The van der Waals surface area contributed by atoms with Crippen molar-refractivity contribution in [3.05, 3.63) is 29.8 Å². The highest BCUT2D eigenvalue weighted by Crippen LogP contribution is 2.40. The lowest BCUT2D eigenvalue weighted by Crippen LogP contribution is -2.39. The van der Waals surface area contributed by atoms with Crippen molar-refractivity contribution in [2.75, 3.05) is 12.3 Å². The molecule has 2 rings (SSSR count). The van der Waals surface area contributed by atoms with Crippen LogP contribution in [0.4, 0.5) is 0 Å². The molecule has 0 radical (unpaired) electrons. The Morgan fingerprint density at radius 1 is 1.53 bits per heavy atom. The van der Waals surface area contributed by atoms with Crippen LogP contribution < -0.4 is 0 Å². The summed E-state index contributed by atoms with van der Waals surface area (Å²) in [6.45, 7) is 5.02. The first kappa shape index (κ1) is 14.4. The van der Waals surface area contributed by atoms with Gasteiger partial charge in [0.25, 0.3) is 0 Å². The van der Waals surface area contributed by atoms with Gasteiger partial charge in [-0.05, 0) is 37.3 Å². The van der Waals surface area contributed by atoms with Gasteiger partial charge < -0.3 is 5.11 Å². The fraction of sp³-hybridized carbons (Fsp3) is 0.533. The number of carboxylic acid groups (broad SMARTS) is 1. The first-order valence-corrected chi connectivity index (χ1v) is 7.81. The average molecular weight is 279 g/mol. The summed E-state index contributed by atoms with van der Waals surface area (Å²) in [5.41, 5.74) is 1.36.